The van der Waals surface area contributed by atoms with Gasteiger partial charge < -0.3 is 0 Å². The summed E-state index contributed by atoms with van der Waals surface area (Å²) in [6, 6.07) is 17.1. The smallest absolute Gasteiger partial charge is 0.256 e. The zero-order valence-electron chi connectivity index (χ0n) is 13.6. The molecule has 1 N–H and O–H groups in total. The number of carbonyl (C=O) groups is 1. The molecule has 2 aromatic rings. The Kier molecular flexibility index (Phi) is 3.66. The van der Waals surface area contributed by atoms with Crippen molar-refractivity contribution in [3.05, 3.63) is 48.5 Å². The van der Waals surface area contributed by atoms with Gasteiger partial charge >= 0.3 is 6.03 Å². The van der Waals surface area contributed by atoms with Crippen molar-refractivity contribution in [1.29, 1.82) is 0 Å². The van der Waals surface area contributed by atoms with Crippen LogP contribution in [0.5, 0.6) is 0 Å². The predicted molar refractivity (Wildman–Crippen MR) is 93.1 cm³/mol. The number of fused-ring (bicyclic) bond motifs is 1. The van der Waals surface area contributed by atoms with Crippen LogP contribution in [-0.4, -0.2) is 19.1 Å². The third kappa shape index (κ3) is 2.66. The molecule has 118 valence electrons. The molecule has 0 aromatic heterocycles. The molecule has 2 aliphatic rings. The fourth-order valence-corrected chi connectivity index (χ4v) is 3.46. The molecular formula is C20H23N2O+. The Balaban J connectivity index is 1.74. The van der Waals surface area contributed by atoms with E-state index in [1.54, 1.807) is 0 Å². The number of quaternary nitrogens is 1. The van der Waals surface area contributed by atoms with Gasteiger partial charge in [-0.25, -0.2) is 9.69 Å². The van der Waals surface area contributed by atoms with Crippen LogP contribution in [0.3, 0.4) is 0 Å². The van der Waals surface area contributed by atoms with Crippen molar-refractivity contribution < 1.29 is 9.69 Å². The van der Waals surface area contributed by atoms with Gasteiger partial charge in [-0.05, 0) is 42.5 Å². The molecule has 1 fully saturated rings. The van der Waals surface area contributed by atoms with E-state index >= 15 is 0 Å². The largest absolute Gasteiger partial charge is 0.427 e. The monoisotopic (exact) mass is 307 g/mol. The Hall–Kier alpha value is -2.13. The first-order chi connectivity index (χ1) is 11.3. The van der Waals surface area contributed by atoms with E-state index < -0.39 is 0 Å². The maximum Gasteiger partial charge on any atom is 0.427 e. The zero-order valence-corrected chi connectivity index (χ0v) is 13.6. The minimum Gasteiger partial charge on any atom is -0.256 e. The number of nitrogens with zero attached hydrogens (tertiary/aromatic N) is 1. The molecule has 0 bridgehead atoms. The van der Waals surface area contributed by atoms with E-state index in [0.29, 0.717) is 0 Å². The summed E-state index contributed by atoms with van der Waals surface area (Å²) >= 11 is 0. The van der Waals surface area contributed by atoms with Gasteiger partial charge in [0.15, 0.2) is 5.69 Å². The van der Waals surface area contributed by atoms with E-state index in [9.17, 15) is 4.79 Å². The van der Waals surface area contributed by atoms with Crippen LogP contribution < -0.4 is 9.80 Å². The lowest BCUT2D eigenvalue weighted by Crippen LogP contribution is -3.10. The summed E-state index contributed by atoms with van der Waals surface area (Å²) < 4.78 is 0. The van der Waals surface area contributed by atoms with Gasteiger partial charge in [0.05, 0.1) is 6.54 Å². The quantitative estimate of drug-likeness (QED) is 0.896. The molecule has 4 rings (SSSR count). The van der Waals surface area contributed by atoms with Gasteiger partial charge in [-0.2, -0.15) is 0 Å². The van der Waals surface area contributed by atoms with Crippen molar-refractivity contribution in [2.75, 3.05) is 18.0 Å². The summed E-state index contributed by atoms with van der Waals surface area (Å²) in [5.41, 5.74) is 4.66. The molecule has 3 heteroatoms. The maximum absolute atomic E-state index is 12.9. The third-order valence-electron chi connectivity index (χ3n) is 4.86. The molecule has 0 spiro atoms. The normalized spacial score (nSPS) is 20.0. The first-order valence-electron chi connectivity index (χ1n) is 8.65. The van der Waals surface area contributed by atoms with Gasteiger partial charge in [0.25, 0.3) is 0 Å². The highest BCUT2D eigenvalue weighted by Crippen LogP contribution is 2.34. The lowest BCUT2D eigenvalue weighted by Gasteiger charge is -2.13. The molecule has 1 aliphatic heterocycles. The maximum atomic E-state index is 12.9. The minimum absolute atomic E-state index is 0.235. The van der Waals surface area contributed by atoms with Crippen molar-refractivity contribution in [2.24, 2.45) is 5.92 Å². The second kappa shape index (κ2) is 5.82. The van der Waals surface area contributed by atoms with Crippen molar-refractivity contribution in [3.8, 4) is 11.1 Å². The van der Waals surface area contributed by atoms with Crippen LogP contribution in [0, 0.1) is 5.92 Å². The number of carbonyl (C=O) groups excluding carboxylic acids is 1. The molecule has 0 radical (unpaired) electrons. The summed E-state index contributed by atoms with van der Waals surface area (Å²) in [7, 11) is 0. The first kappa shape index (κ1) is 14.5. The Morgan fingerprint density at radius 3 is 2.57 bits per heavy atom. The molecule has 3 nitrogen and oxygen atoms in total. The van der Waals surface area contributed by atoms with Gasteiger partial charge in [-0.15, -0.1) is 0 Å². The Bertz CT molecular complexity index is 722. The third-order valence-corrected chi connectivity index (χ3v) is 4.86. The van der Waals surface area contributed by atoms with Gasteiger partial charge in [-0.1, -0.05) is 37.3 Å². The number of anilines is 1. The molecule has 0 saturated heterocycles. The van der Waals surface area contributed by atoms with Crippen molar-refractivity contribution >= 4 is 17.4 Å². The van der Waals surface area contributed by atoms with Crippen molar-refractivity contribution in [1.82, 2.24) is 0 Å². The van der Waals surface area contributed by atoms with Crippen LogP contribution in [-0.2, 0) is 0 Å². The standard InChI is InChI=1S/C20H22N2O/c1-2-12-21-19-13-17(16-6-4-3-5-7-16)10-11-18(19)22(20(21)23)14-15-8-9-15/h3-7,10-11,13,15H,2,8-9,12,14H2,1H3/p+1. The Labute approximate surface area is 137 Å². The predicted octanol–water partition coefficient (Wildman–Crippen LogP) is 3.63. The highest BCUT2D eigenvalue weighted by molar-refractivity contribution is 5.97. The fraction of sp³-hybridized carbons (Fsp3) is 0.350. The molecule has 1 heterocycles. The molecule has 1 aliphatic carbocycles. The molecule has 23 heavy (non-hydrogen) atoms. The van der Waals surface area contributed by atoms with Crippen LogP contribution in [0.2, 0.25) is 0 Å². The molecule has 1 saturated carbocycles. The second-order valence-electron chi connectivity index (χ2n) is 6.68. The van der Waals surface area contributed by atoms with Crippen molar-refractivity contribution in [2.45, 2.75) is 26.2 Å². The van der Waals surface area contributed by atoms with Gasteiger partial charge in [-0.3, -0.25) is 4.90 Å². The summed E-state index contributed by atoms with van der Waals surface area (Å²) in [5.74, 6) is 0.733. The van der Waals surface area contributed by atoms with E-state index in [4.69, 9.17) is 0 Å². The van der Waals surface area contributed by atoms with E-state index in [0.717, 1.165) is 41.7 Å². The second-order valence-corrected chi connectivity index (χ2v) is 6.68. The van der Waals surface area contributed by atoms with Crippen LogP contribution in [0.1, 0.15) is 26.2 Å². The van der Waals surface area contributed by atoms with Crippen molar-refractivity contribution in [3.63, 3.8) is 0 Å². The average molecular weight is 307 g/mol. The Morgan fingerprint density at radius 2 is 1.87 bits per heavy atom. The van der Waals surface area contributed by atoms with E-state index in [-0.39, 0.29) is 6.03 Å². The van der Waals surface area contributed by atoms with E-state index in [2.05, 4.69) is 49.4 Å². The van der Waals surface area contributed by atoms with Gasteiger partial charge in [0.2, 0.25) is 0 Å². The summed E-state index contributed by atoms with van der Waals surface area (Å²) in [5, 5.41) is 0. The van der Waals surface area contributed by atoms with Crippen LogP contribution >= 0.6 is 0 Å². The number of amides is 2. The molecule has 2 aromatic carbocycles. The first-order valence-corrected chi connectivity index (χ1v) is 8.65. The number of hydrogen-bond donors (Lipinski definition) is 1. The molecule has 2 amide bonds. The highest BCUT2D eigenvalue weighted by Gasteiger charge is 2.43. The van der Waals surface area contributed by atoms with Gasteiger partial charge in [0.1, 0.15) is 5.69 Å². The number of benzene rings is 2. The number of urea groups is 1. The molecular weight excluding hydrogens is 284 g/mol. The molecule has 1 atom stereocenters. The lowest BCUT2D eigenvalue weighted by molar-refractivity contribution is -0.739. The SMILES string of the molecule is CCCN1C(=O)[NH+](CC2CC2)c2ccc(-c3ccccc3)cc21. The Morgan fingerprint density at radius 1 is 1.09 bits per heavy atom. The minimum atomic E-state index is 0.235. The topological polar surface area (TPSA) is 24.8 Å². The van der Waals surface area contributed by atoms with E-state index in [1.165, 1.54) is 24.0 Å². The van der Waals surface area contributed by atoms with Crippen LogP contribution in [0.25, 0.3) is 11.1 Å². The number of nitrogens with one attached hydrogen (secondary N) is 1. The number of hydrogen-bond acceptors (Lipinski definition) is 1. The zero-order chi connectivity index (χ0) is 15.8. The summed E-state index contributed by atoms with van der Waals surface area (Å²) in [6.45, 7) is 3.89. The summed E-state index contributed by atoms with van der Waals surface area (Å²) in [6.07, 6.45) is 3.54. The lowest BCUT2D eigenvalue weighted by atomic mass is 10.0. The molecule has 1 unspecified atom stereocenters. The van der Waals surface area contributed by atoms with E-state index in [1.807, 2.05) is 11.0 Å². The van der Waals surface area contributed by atoms with Crippen LogP contribution in [0.15, 0.2) is 48.5 Å². The number of rotatable bonds is 5. The van der Waals surface area contributed by atoms with Gasteiger partial charge in [0, 0.05) is 18.5 Å². The average Bonchev–Trinajstić information content (AvgIpc) is 3.37. The highest BCUT2D eigenvalue weighted by atomic mass is 16.2. The summed E-state index contributed by atoms with van der Waals surface area (Å²) in [4.78, 5) is 15.9. The fourth-order valence-electron chi connectivity index (χ4n) is 3.46. The van der Waals surface area contributed by atoms with Crippen LogP contribution in [0.4, 0.5) is 16.2 Å².